The highest BCUT2D eigenvalue weighted by Gasteiger charge is 2.25. The number of furan rings is 1. The van der Waals surface area contributed by atoms with Crippen LogP contribution in [-0.2, 0) is 4.79 Å². The molecule has 0 radical (unpaired) electrons. The number of carbonyl (C=O) groups is 1. The second kappa shape index (κ2) is 13.3. The average Bonchev–Trinajstić information content (AvgIpc) is 3.43. The van der Waals surface area contributed by atoms with Gasteiger partial charge < -0.3 is 20.4 Å². The monoisotopic (exact) mass is 540 g/mol. The quantitative estimate of drug-likeness (QED) is 0.257. The topological polar surface area (TPSA) is 94.8 Å². The fourth-order valence-corrected chi connectivity index (χ4v) is 3.55. The van der Waals surface area contributed by atoms with Gasteiger partial charge in [-0.3, -0.25) is 14.7 Å². The first kappa shape index (κ1) is 25.1. The number of halogens is 1. The molecule has 1 aliphatic heterocycles. The van der Waals surface area contributed by atoms with E-state index in [9.17, 15) is 4.79 Å². The summed E-state index contributed by atoms with van der Waals surface area (Å²) in [5.74, 6) is 2.14. The second-order valence-electron chi connectivity index (χ2n) is 7.38. The first-order chi connectivity index (χ1) is 14.7. The van der Waals surface area contributed by atoms with Crippen molar-refractivity contribution in [2.24, 2.45) is 4.99 Å². The van der Waals surface area contributed by atoms with E-state index in [0.717, 1.165) is 31.1 Å². The van der Waals surface area contributed by atoms with E-state index >= 15 is 0 Å². The number of aromatic nitrogens is 1. The molecule has 3 rings (SSSR count). The molecule has 2 aromatic rings. The van der Waals surface area contributed by atoms with E-state index in [1.165, 1.54) is 12.8 Å². The van der Waals surface area contributed by atoms with Crippen molar-refractivity contribution in [1.82, 2.24) is 20.5 Å². The van der Waals surface area contributed by atoms with E-state index in [-0.39, 0.29) is 35.9 Å². The van der Waals surface area contributed by atoms with Crippen molar-refractivity contribution in [3.63, 3.8) is 0 Å². The Morgan fingerprint density at radius 1 is 1.23 bits per heavy atom. The fraction of sp³-hybridized carbons (Fsp3) is 0.500. The van der Waals surface area contributed by atoms with E-state index in [1.807, 2.05) is 38.1 Å². The molecule has 0 aliphatic carbocycles. The van der Waals surface area contributed by atoms with Gasteiger partial charge in [-0.05, 0) is 64.0 Å². The van der Waals surface area contributed by atoms with Crippen molar-refractivity contribution in [3.8, 4) is 0 Å². The van der Waals surface area contributed by atoms with Crippen LogP contribution in [0.3, 0.4) is 0 Å². The number of nitrogens with zero attached hydrogens (tertiary/aromatic N) is 3. The maximum atomic E-state index is 12.2. The molecule has 170 valence electrons. The minimum Gasteiger partial charge on any atom is -0.468 e. The predicted octanol–water partition coefficient (Wildman–Crippen LogP) is 3.32. The standard InChI is InChI=1S/C22H32N6O2.HI/c1-3-23-22(24-12-11-21(29)27-20-10-6-8-17(2)26-20)25-16-18(19-9-7-15-30-19)28-13-4-5-14-28;/h6-10,15,18H,3-5,11-14,16H2,1-2H3,(H2,23,24,25)(H,26,27,29);1H. The van der Waals surface area contributed by atoms with Gasteiger partial charge in [0.25, 0.3) is 0 Å². The fourth-order valence-electron chi connectivity index (χ4n) is 3.55. The zero-order valence-corrected chi connectivity index (χ0v) is 20.6. The Bertz CT molecular complexity index is 821. The van der Waals surface area contributed by atoms with Gasteiger partial charge in [0.1, 0.15) is 11.6 Å². The van der Waals surface area contributed by atoms with E-state index in [4.69, 9.17) is 9.41 Å². The molecule has 3 heterocycles. The molecule has 1 fully saturated rings. The van der Waals surface area contributed by atoms with Crippen LogP contribution in [0.5, 0.6) is 0 Å². The van der Waals surface area contributed by atoms with E-state index in [0.29, 0.717) is 31.3 Å². The summed E-state index contributed by atoms with van der Waals surface area (Å²) in [4.78, 5) is 23.7. The Morgan fingerprint density at radius 3 is 2.71 bits per heavy atom. The van der Waals surface area contributed by atoms with Crippen molar-refractivity contribution in [1.29, 1.82) is 0 Å². The number of hydrogen-bond acceptors (Lipinski definition) is 5. The first-order valence-electron chi connectivity index (χ1n) is 10.7. The average molecular weight is 540 g/mol. The largest absolute Gasteiger partial charge is 0.468 e. The molecular formula is C22H33IN6O2. The minimum atomic E-state index is -0.0815. The third-order valence-corrected chi connectivity index (χ3v) is 5.02. The van der Waals surface area contributed by atoms with Crippen molar-refractivity contribution >= 4 is 41.7 Å². The molecule has 0 bridgehead atoms. The lowest BCUT2D eigenvalue weighted by molar-refractivity contribution is -0.116. The smallest absolute Gasteiger partial charge is 0.227 e. The highest BCUT2D eigenvalue weighted by atomic mass is 127. The first-order valence-corrected chi connectivity index (χ1v) is 10.7. The molecule has 8 nitrogen and oxygen atoms in total. The number of anilines is 1. The summed E-state index contributed by atoms with van der Waals surface area (Å²) in [7, 11) is 0. The molecule has 31 heavy (non-hydrogen) atoms. The number of guanidine groups is 1. The van der Waals surface area contributed by atoms with Gasteiger partial charge in [0, 0.05) is 25.2 Å². The van der Waals surface area contributed by atoms with Gasteiger partial charge in [-0.25, -0.2) is 4.98 Å². The van der Waals surface area contributed by atoms with Crippen LogP contribution in [0.4, 0.5) is 5.82 Å². The van der Waals surface area contributed by atoms with Gasteiger partial charge in [-0.2, -0.15) is 0 Å². The SMILES string of the molecule is CCNC(=NCC(c1ccco1)N1CCCC1)NCCC(=O)Nc1cccc(C)n1.I. The van der Waals surface area contributed by atoms with Gasteiger partial charge in [-0.1, -0.05) is 6.07 Å². The number of pyridine rings is 1. The number of carbonyl (C=O) groups excluding carboxylic acids is 1. The summed E-state index contributed by atoms with van der Waals surface area (Å²) >= 11 is 0. The van der Waals surface area contributed by atoms with Crippen LogP contribution in [0.25, 0.3) is 0 Å². The molecule has 1 atom stereocenters. The molecule has 2 aromatic heterocycles. The molecule has 1 saturated heterocycles. The number of nitrogens with one attached hydrogen (secondary N) is 3. The molecule has 3 N–H and O–H groups in total. The van der Waals surface area contributed by atoms with Gasteiger partial charge in [0.15, 0.2) is 5.96 Å². The van der Waals surface area contributed by atoms with Crippen molar-refractivity contribution in [3.05, 3.63) is 48.0 Å². The van der Waals surface area contributed by atoms with E-state index in [1.54, 1.807) is 12.3 Å². The summed E-state index contributed by atoms with van der Waals surface area (Å²) in [6.07, 6.45) is 4.47. The lowest BCUT2D eigenvalue weighted by Crippen LogP contribution is -2.39. The third kappa shape index (κ3) is 8.13. The van der Waals surface area contributed by atoms with Gasteiger partial charge >= 0.3 is 0 Å². The number of aliphatic imine (C=N–C) groups is 1. The molecule has 0 aromatic carbocycles. The number of hydrogen-bond donors (Lipinski definition) is 3. The normalized spacial score (nSPS) is 15.2. The van der Waals surface area contributed by atoms with Crippen LogP contribution in [0.1, 0.15) is 43.7 Å². The summed E-state index contributed by atoms with van der Waals surface area (Å²) in [5, 5.41) is 9.32. The maximum Gasteiger partial charge on any atom is 0.227 e. The van der Waals surface area contributed by atoms with Gasteiger partial charge in [0.2, 0.25) is 5.91 Å². The second-order valence-corrected chi connectivity index (χ2v) is 7.38. The Kier molecular flexibility index (Phi) is 10.8. The number of amides is 1. The molecule has 0 saturated carbocycles. The zero-order chi connectivity index (χ0) is 21.2. The van der Waals surface area contributed by atoms with Crippen LogP contribution >= 0.6 is 24.0 Å². The highest BCUT2D eigenvalue weighted by Crippen LogP contribution is 2.25. The Balaban J connectivity index is 0.00000341. The van der Waals surface area contributed by atoms with Crippen LogP contribution in [0.15, 0.2) is 46.0 Å². The van der Waals surface area contributed by atoms with Crippen LogP contribution in [-0.4, -0.2) is 54.5 Å². The lowest BCUT2D eigenvalue weighted by Gasteiger charge is -2.24. The molecule has 0 spiro atoms. The molecule has 9 heteroatoms. The van der Waals surface area contributed by atoms with Crippen LogP contribution < -0.4 is 16.0 Å². The van der Waals surface area contributed by atoms with Crippen molar-refractivity contribution in [2.75, 3.05) is 38.0 Å². The summed E-state index contributed by atoms with van der Waals surface area (Å²) < 4.78 is 5.67. The van der Waals surface area contributed by atoms with E-state index < -0.39 is 0 Å². The van der Waals surface area contributed by atoms with Crippen molar-refractivity contribution < 1.29 is 9.21 Å². The number of likely N-dealkylation sites (tertiary alicyclic amines) is 1. The Morgan fingerprint density at radius 2 is 2.03 bits per heavy atom. The van der Waals surface area contributed by atoms with Crippen LogP contribution in [0.2, 0.25) is 0 Å². The maximum absolute atomic E-state index is 12.2. The Hall–Kier alpha value is -2.14. The predicted molar refractivity (Wildman–Crippen MR) is 134 cm³/mol. The summed E-state index contributed by atoms with van der Waals surface area (Å²) in [6.45, 7) is 7.89. The molecule has 1 aliphatic rings. The third-order valence-electron chi connectivity index (χ3n) is 5.02. The molecule has 1 unspecified atom stereocenters. The number of aryl methyl sites for hydroxylation is 1. The van der Waals surface area contributed by atoms with Crippen LogP contribution in [0, 0.1) is 6.92 Å². The lowest BCUT2D eigenvalue weighted by atomic mass is 10.2. The van der Waals surface area contributed by atoms with Gasteiger partial charge in [-0.15, -0.1) is 24.0 Å². The highest BCUT2D eigenvalue weighted by molar-refractivity contribution is 14.0. The Labute approximate surface area is 201 Å². The zero-order valence-electron chi connectivity index (χ0n) is 18.3. The minimum absolute atomic E-state index is 0. The summed E-state index contributed by atoms with van der Waals surface area (Å²) in [6, 6.07) is 9.64. The molecular weight excluding hydrogens is 507 g/mol. The summed E-state index contributed by atoms with van der Waals surface area (Å²) in [5.41, 5.74) is 0.872. The van der Waals surface area contributed by atoms with Crippen molar-refractivity contribution in [2.45, 2.75) is 39.2 Å². The van der Waals surface area contributed by atoms with E-state index in [2.05, 4.69) is 25.8 Å². The number of rotatable bonds is 9. The van der Waals surface area contributed by atoms with Gasteiger partial charge in [0.05, 0.1) is 18.8 Å². The molecule has 1 amide bonds.